The summed E-state index contributed by atoms with van der Waals surface area (Å²) in [5.74, 6) is -0.370. The number of nitrogens with two attached hydrogens (primary N) is 1. The summed E-state index contributed by atoms with van der Waals surface area (Å²) in [5.41, 5.74) is 5.29. The van der Waals surface area contributed by atoms with Crippen LogP contribution in [0.1, 0.15) is 48.8 Å². The van der Waals surface area contributed by atoms with E-state index >= 15 is 0 Å². The number of nitrogens with one attached hydrogen (secondary N) is 1. The smallest absolute Gasteiger partial charge is 0.433 e. The van der Waals surface area contributed by atoms with Crippen molar-refractivity contribution in [2.45, 2.75) is 39.0 Å². The van der Waals surface area contributed by atoms with E-state index in [2.05, 4.69) is 15.3 Å². The molecule has 1 aliphatic heterocycles. The second kappa shape index (κ2) is 9.41. The summed E-state index contributed by atoms with van der Waals surface area (Å²) < 4.78 is 50.8. The van der Waals surface area contributed by atoms with Crippen LogP contribution in [0.2, 0.25) is 0 Å². The predicted molar refractivity (Wildman–Crippen MR) is 124 cm³/mol. The van der Waals surface area contributed by atoms with E-state index in [0.717, 1.165) is 6.07 Å². The number of rotatable bonds is 6. The zero-order valence-corrected chi connectivity index (χ0v) is 20.1. The molecule has 9 nitrogen and oxygen atoms in total. The Morgan fingerprint density at radius 1 is 1.17 bits per heavy atom. The third-order valence-electron chi connectivity index (χ3n) is 5.87. The van der Waals surface area contributed by atoms with E-state index in [0.29, 0.717) is 24.0 Å². The number of carbonyl (C=O) groups excluding carboxylic acids is 2. The van der Waals surface area contributed by atoms with Gasteiger partial charge in [0.05, 0.1) is 19.2 Å². The van der Waals surface area contributed by atoms with Crippen LogP contribution < -0.4 is 15.8 Å². The van der Waals surface area contributed by atoms with Gasteiger partial charge in [0.1, 0.15) is 17.0 Å². The van der Waals surface area contributed by atoms with Crippen molar-refractivity contribution in [3.63, 3.8) is 0 Å². The number of fused-ring (bicyclic) bond motifs is 1. The highest BCUT2D eigenvalue weighted by molar-refractivity contribution is 5.98. The first-order chi connectivity index (χ1) is 16.9. The minimum Gasteiger partial charge on any atom is -0.494 e. The van der Waals surface area contributed by atoms with Crippen molar-refractivity contribution < 1.29 is 31.9 Å². The van der Waals surface area contributed by atoms with Gasteiger partial charge in [-0.05, 0) is 31.2 Å². The van der Waals surface area contributed by atoms with Crippen molar-refractivity contribution in [1.82, 2.24) is 20.2 Å². The van der Waals surface area contributed by atoms with Crippen LogP contribution in [0, 0.1) is 5.92 Å². The summed E-state index contributed by atoms with van der Waals surface area (Å²) >= 11 is 0. The maximum absolute atomic E-state index is 13.2. The standard InChI is InChI=1S/C24H26F3N5O4/c1-11(2)21(33)29-13-9-32(10-13)23(34)19-20(12(3)28)36-22(31-19)15-5-7-16(35-4)18-14(15)6-8-17(30-18)24(25,26)27/h5-8,11-13H,9-10,28H2,1-4H3,(H,29,33)/t12-/m0/s1. The van der Waals surface area contributed by atoms with Gasteiger partial charge in [-0.25, -0.2) is 9.97 Å². The lowest BCUT2D eigenvalue weighted by atomic mass is 10.1. The van der Waals surface area contributed by atoms with Crippen LogP contribution in [0.15, 0.2) is 28.7 Å². The molecule has 3 aromatic rings. The summed E-state index contributed by atoms with van der Waals surface area (Å²) in [6, 6.07) is 4.31. The Morgan fingerprint density at radius 2 is 1.86 bits per heavy atom. The number of methoxy groups -OCH3 is 1. The Bertz CT molecular complexity index is 1310. The molecule has 0 aliphatic carbocycles. The Morgan fingerprint density at radius 3 is 2.44 bits per heavy atom. The maximum Gasteiger partial charge on any atom is 0.433 e. The number of aromatic nitrogens is 2. The zero-order valence-electron chi connectivity index (χ0n) is 20.1. The molecule has 12 heteroatoms. The van der Waals surface area contributed by atoms with Gasteiger partial charge in [-0.15, -0.1) is 0 Å². The van der Waals surface area contributed by atoms with Gasteiger partial charge in [0, 0.05) is 30.0 Å². The second-order valence-electron chi connectivity index (χ2n) is 9.00. The van der Waals surface area contributed by atoms with E-state index in [1.165, 1.54) is 24.1 Å². The maximum atomic E-state index is 13.2. The lowest BCUT2D eigenvalue weighted by molar-refractivity contribution is -0.141. The minimum atomic E-state index is -4.64. The average Bonchev–Trinajstić information content (AvgIpc) is 3.24. The molecule has 1 saturated heterocycles. The molecular weight excluding hydrogens is 479 g/mol. The van der Waals surface area contributed by atoms with Crippen LogP contribution >= 0.6 is 0 Å². The highest BCUT2D eigenvalue weighted by atomic mass is 19.4. The average molecular weight is 505 g/mol. The topological polar surface area (TPSA) is 124 Å². The van der Waals surface area contributed by atoms with E-state index in [-0.39, 0.29) is 46.5 Å². The van der Waals surface area contributed by atoms with Gasteiger partial charge in [0.15, 0.2) is 11.5 Å². The number of ether oxygens (including phenoxy) is 1. The number of likely N-dealkylation sites (tertiary alicyclic amines) is 1. The summed E-state index contributed by atoms with van der Waals surface area (Å²) in [5, 5.41) is 3.17. The third kappa shape index (κ3) is 4.72. The number of carbonyl (C=O) groups is 2. The number of oxazole rings is 1. The number of alkyl halides is 3. The lowest BCUT2D eigenvalue weighted by Gasteiger charge is -2.39. The first-order valence-corrected chi connectivity index (χ1v) is 11.3. The zero-order chi connectivity index (χ0) is 26.4. The molecule has 4 rings (SSSR count). The second-order valence-corrected chi connectivity index (χ2v) is 9.00. The van der Waals surface area contributed by atoms with Crippen LogP contribution in [0.4, 0.5) is 13.2 Å². The Labute approximate surface area is 204 Å². The molecule has 0 unspecified atom stereocenters. The summed E-state index contributed by atoms with van der Waals surface area (Å²) in [4.78, 5) is 34.7. The molecule has 1 aliphatic rings. The number of nitrogens with zero attached hydrogens (tertiary/aromatic N) is 3. The third-order valence-corrected chi connectivity index (χ3v) is 5.87. The number of benzene rings is 1. The molecule has 0 bridgehead atoms. The van der Waals surface area contributed by atoms with Gasteiger partial charge in [-0.3, -0.25) is 9.59 Å². The molecule has 1 fully saturated rings. The van der Waals surface area contributed by atoms with Crippen LogP contribution in [0.25, 0.3) is 22.4 Å². The fraction of sp³-hybridized carbons (Fsp3) is 0.417. The van der Waals surface area contributed by atoms with Gasteiger partial charge in [-0.2, -0.15) is 13.2 Å². The van der Waals surface area contributed by atoms with Crippen LogP contribution in [0.3, 0.4) is 0 Å². The van der Waals surface area contributed by atoms with Crippen molar-refractivity contribution in [3.8, 4) is 17.2 Å². The van der Waals surface area contributed by atoms with Gasteiger partial charge in [0.2, 0.25) is 11.8 Å². The molecule has 1 atom stereocenters. The van der Waals surface area contributed by atoms with E-state index < -0.39 is 23.8 Å². The summed E-state index contributed by atoms with van der Waals surface area (Å²) in [7, 11) is 1.33. The monoisotopic (exact) mass is 505 g/mol. The summed E-state index contributed by atoms with van der Waals surface area (Å²) in [6.07, 6.45) is -4.64. The first kappa shape index (κ1) is 25.4. The van der Waals surface area contributed by atoms with Crippen LogP contribution in [-0.4, -0.2) is 52.9 Å². The molecule has 2 aromatic heterocycles. The molecule has 3 N–H and O–H groups in total. The quantitative estimate of drug-likeness (QED) is 0.525. The SMILES string of the molecule is COc1ccc(-c2nc(C(=O)N3CC(NC(=O)C(C)C)C3)c([C@H](C)N)o2)c2ccc(C(F)(F)F)nc12. The lowest BCUT2D eigenvalue weighted by Crippen LogP contribution is -2.61. The number of pyridine rings is 1. The van der Waals surface area contributed by atoms with Crippen LogP contribution in [-0.2, 0) is 11.0 Å². The van der Waals surface area contributed by atoms with Gasteiger partial charge in [-0.1, -0.05) is 13.8 Å². The van der Waals surface area contributed by atoms with E-state index in [9.17, 15) is 22.8 Å². The van der Waals surface area contributed by atoms with Crippen molar-refractivity contribution in [1.29, 1.82) is 0 Å². The molecule has 192 valence electrons. The Kier molecular flexibility index (Phi) is 6.65. The van der Waals surface area contributed by atoms with Crippen molar-refractivity contribution in [2.24, 2.45) is 11.7 Å². The Balaban J connectivity index is 1.68. The molecule has 3 heterocycles. The highest BCUT2D eigenvalue weighted by Crippen LogP contribution is 2.37. The largest absolute Gasteiger partial charge is 0.494 e. The highest BCUT2D eigenvalue weighted by Gasteiger charge is 2.37. The van der Waals surface area contributed by atoms with E-state index in [4.69, 9.17) is 14.9 Å². The minimum absolute atomic E-state index is 0.0116. The van der Waals surface area contributed by atoms with E-state index in [1.807, 2.05) is 0 Å². The number of hydrogen-bond acceptors (Lipinski definition) is 7. The normalized spacial score (nSPS) is 15.2. The molecular formula is C24H26F3N5O4. The molecule has 2 amide bonds. The number of amides is 2. The van der Waals surface area contributed by atoms with Gasteiger partial charge >= 0.3 is 6.18 Å². The number of halogens is 3. The fourth-order valence-corrected chi connectivity index (χ4v) is 3.86. The molecule has 1 aromatic carbocycles. The molecule has 0 spiro atoms. The van der Waals surface area contributed by atoms with Crippen molar-refractivity contribution in [3.05, 3.63) is 41.4 Å². The first-order valence-electron chi connectivity index (χ1n) is 11.3. The Hall–Kier alpha value is -3.67. The molecule has 0 radical (unpaired) electrons. The summed E-state index contributed by atoms with van der Waals surface area (Å²) in [6.45, 7) is 5.82. The van der Waals surface area contributed by atoms with E-state index in [1.54, 1.807) is 26.8 Å². The number of hydrogen-bond donors (Lipinski definition) is 2. The van der Waals surface area contributed by atoms with Crippen molar-refractivity contribution in [2.75, 3.05) is 20.2 Å². The van der Waals surface area contributed by atoms with Gasteiger partial charge < -0.3 is 25.1 Å². The molecule has 36 heavy (non-hydrogen) atoms. The van der Waals surface area contributed by atoms with Gasteiger partial charge in [0.25, 0.3) is 5.91 Å². The van der Waals surface area contributed by atoms with Crippen LogP contribution in [0.5, 0.6) is 5.75 Å². The predicted octanol–water partition coefficient (Wildman–Crippen LogP) is 3.53. The molecule has 0 saturated carbocycles. The van der Waals surface area contributed by atoms with Crippen molar-refractivity contribution >= 4 is 22.7 Å². The fourth-order valence-electron chi connectivity index (χ4n) is 3.86.